The number of carbonyl (C=O) groups excluding carboxylic acids is 1. The molecule has 0 bridgehead atoms. The van der Waals surface area contributed by atoms with Crippen molar-refractivity contribution in [1.29, 1.82) is 0 Å². The maximum Gasteiger partial charge on any atom is 0.338 e. The van der Waals surface area contributed by atoms with E-state index in [1.54, 1.807) is 84.9 Å². The van der Waals surface area contributed by atoms with Crippen molar-refractivity contribution in [2.75, 3.05) is 7.11 Å². The molecule has 0 saturated heterocycles. The summed E-state index contributed by atoms with van der Waals surface area (Å²) in [5, 5.41) is 12.9. The average Bonchev–Trinajstić information content (AvgIpc) is 2.73. The topological polar surface area (TPSA) is 75.6 Å². The van der Waals surface area contributed by atoms with Crippen LogP contribution in [0.3, 0.4) is 0 Å². The Balaban J connectivity index is 2.15. The zero-order chi connectivity index (χ0) is 19.3. The maximum absolute atomic E-state index is 12.8. The molecular formula is C22H19NO4. The van der Waals surface area contributed by atoms with Gasteiger partial charge in [0, 0.05) is 5.56 Å². The van der Waals surface area contributed by atoms with E-state index in [9.17, 15) is 14.7 Å². The first-order valence-corrected chi connectivity index (χ1v) is 8.39. The van der Waals surface area contributed by atoms with Gasteiger partial charge in [0.05, 0.1) is 7.11 Å². The average molecular weight is 361 g/mol. The Kier molecular flexibility index (Phi) is 5.22. The van der Waals surface area contributed by atoms with E-state index < -0.39 is 17.4 Å². The Labute approximate surface area is 157 Å². The van der Waals surface area contributed by atoms with Crippen LogP contribution in [0.4, 0.5) is 0 Å². The molecular weight excluding hydrogens is 342 g/mol. The fourth-order valence-corrected chi connectivity index (χ4v) is 2.97. The number of ether oxygens (including phenoxy) is 1. The molecule has 0 saturated carbocycles. The third-order valence-corrected chi connectivity index (χ3v) is 4.39. The minimum atomic E-state index is -1.74. The number of carboxylic acid groups (broad SMARTS) is 1. The highest BCUT2D eigenvalue weighted by molar-refractivity contribution is 5.99. The van der Waals surface area contributed by atoms with E-state index in [1.807, 2.05) is 0 Å². The fourth-order valence-electron chi connectivity index (χ4n) is 2.97. The van der Waals surface area contributed by atoms with Crippen LogP contribution in [0.25, 0.3) is 0 Å². The lowest BCUT2D eigenvalue weighted by atomic mass is 9.82. The van der Waals surface area contributed by atoms with E-state index in [2.05, 4.69) is 5.32 Å². The van der Waals surface area contributed by atoms with Gasteiger partial charge in [-0.2, -0.15) is 0 Å². The highest BCUT2D eigenvalue weighted by Crippen LogP contribution is 2.32. The third kappa shape index (κ3) is 3.53. The molecule has 0 aliphatic heterocycles. The van der Waals surface area contributed by atoms with Gasteiger partial charge in [-0.15, -0.1) is 0 Å². The molecule has 0 spiro atoms. The molecule has 2 N–H and O–H groups in total. The predicted octanol–water partition coefficient (Wildman–Crippen LogP) is 3.45. The van der Waals surface area contributed by atoms with Crippen LogP contribution in [0.2, 0.25) is 0 Å². The molecule has 5 nitrogen and oxygen atoms in total. The quantitative estimate of drug-likeness (QED) is 0.705. The summed E-state index contributed by atoms with van der Waals surface area (Å²) in [5.74, 6) is -1.05. The van der Waals surface area contributed by atoms with Crippen molar-refractivity contribution < 1.29 is 19.4 Å². The molecule has 1 atom stereocenters. The van der Waals surface area contributed by atoms with Crippen molar-refractivity contribution in [2.24, 2.45) is 0 Å². The zero-order valence-electron chi connectivity index (χ0n) is 14.8. The minimum absolute atomic E-state index is 0.382. The smallest absolute Gasteiger partial charge is 0.338 e. The number of carbonyl (C=O) groups is 2. The molecule has 0 aliphatic carbocycles. The second kappa shape index (κ2) is 7.74. The fraction of sp³-hybridized carbons (Fsp3) is 0.0909. The highest BCUT2D eigenvalue weighted by Gasteiger charge is 2.44. The molecule has 0 fully saturated rings. The number of amides is 1. The summed E-state index contributed by atoms with van der Waals surface area (Å²) >= 11 is 0. The SMILES string of the molecule is COc1ccc(C(NC(=O)c2ccccc2)(C(=O)O)c2ccccc2)cc1. The first-order valence-electron chi connectivity index (χ1n) is 8.39. The van der Waals surface area contributed by atoms with Gasteiger partial charge < -0.3 is 15.2 Å². The molecule has 0 heterocycles. The molecule has 1 amide bonds. The summed E-state index contributed by atoms with van der Waals surface area (Å²) in [6.07, 6.45) is 0. The van der Waals surface area contributed by atoms with Crippen LogP contribution in [0.5, 0.6) is 5.75 Å². The maximum atomic E-state index is 12.8. The second-order valence-electron chi connectivity index (χ2n) is 5.97. The number of rotatable bonds is 6. The van der Waals surface area contributed by atoms with Gasteiger partial charge in [0.15, 0.2) is 5.54 Å². The van der Waals surface area contributed by atoms with Crippen LogP contribution in [0.1, 0.15) is 21.5 Å². The van der Waals surface area contributed by atoms with Gasteiger partial charge in [-0.25, -0.2) is 4.79 Å². The van der Waals surface area contributed by atoms with Gasteiger partial charge in [0.2, 0.25) is 0 Å². The lowest BCUT2D eigenvalue weighted by Gasteiger charge is -2.32. The summed E-state index contributed by atoms with van der Waals surface area (Å²) in [6, 6.07) is 23.8. The van der Waals surface area contributed by atoms with E-state index in [0.717, 1.165) is 0 Å². The molecule has 0 aromatic heterocycles. The standard InChI is InChI=1S/C22H19NO4/c1-27-19-14-12-18(13-15-19)22(21(25)26,17-10-6-3-7-11-17)23-20(24)16-8-4-2-5-9-16/h2-15H,1H3,(H,23,24)(H,25,26). The summed E-state index contributed by atoms with van der Waals surface area (Å²) in [5.41, 5.74) is -0.480. The van der Waals surface area contributed by atoms with E-state index in [0.29, 0.717) is 22.4 Å². The van der Waals surface area contributed by atoms with Gasteiger partial charge in [-0.3, -0.25) is 4.79 Å². The van der Waals surface area contributed by atoms with Crippen LogP contribution in [0.15, 0.2) is 84.9 Å². The monoisotopic (exact) mass is 361 g/mol. The Morgan fingerprint density at radius 1 is 0.815 bits per heavy atom. The van der Waals surface area contributed by atoms with Crippen LogP contribution in [-0.4, -0.2) is 24.1 Å². The van der Waals surface area contributed by atoms with E-state index in [-0.39, 0.29) is 0 Å². The molecule has 0 aliphatic rings. The summed E-state index contributed by atoms with van der Waals surface area (Å²) in [6.45, 7) is 0. The lowest BCUT2D eigenvalue weighted by Crippen LogP contribution is -2.52. The molecule has 3 rings (SSSR count). The molecule has 0 radical (unpaired) electrons. The molecule has 3 aromatic carbocycles. The number of methoxy groups -OCH3 is 1. The molecule has 1 unspecified atom stereocenters. The van der Waals surface area contributed by atoms with Gasteiger partial charge >= 0.3 is 5.97 Å². The number of benzene rings is 3. The van der Waals surface area contributed by atoms with Crippen LogP contribution in [-0.2, 0) is 10.3 Å². The third-order valence-electron chi connectivity index (χ3n) is 4.39. The van der Waals surface area contributed by atoms with Crippen molar-refractivity contribution in [3.63, 3.8) is 0 Å². The second-order valence-corrected chi connectivity index (χ2v) is 5.97. The lowest BCUT2D eigenvalue weighted by molar-refractivity contribution is -0.143. The largest absolute Gasteiger partial charge is 0.497 e. The van der Waals surface area contributed by atoms with Gasteiger partial charge in [-0.05, 0) is 35.4 Å². The number of nitrogens with one attached hydrogen (secondary N) is 1. The van der Waals surface area contributed by atoms with Crippen LogP contribution >= 0.6 is 0 Å². The van der Waals surface area contributed by atoms with E-state index in [1.165, 1.54) is 7.11 Å². The highest BCUT2D eigenvalue weighted by atomic mass is 16.5. The minimum Gasteiger partial charge on any atom is -0.497 e. The number of carboxylic acids is 1. The number of hydrogen-bond acceptors (Lipinski definition) is 3. The van der Waals surface area contributed by atoms with Gasteiger partial charge in [-0.1, -0.05) is 60.7 Å². The molecule has 136 valence electrons. The first-order chi connectivity index (χ1) is 13.1. The normalized spacial score (nSPS) is 12.6. The Bertz CT molecular complexity index is 924. The summed E-state index contributed by atoms with van der Waals surface area (Å²) in [7, 11) is 1.54. The van der Waals surface area contributed by atoms with Gasteiger partial charge in [0.25, 0.3) is 5.91 Å². The van der Waals surface area contributed by atoms with E-state index in [4.69, 9.17) is 4.74 Å². The molecule has 5 heteroatoms. The summed E-state index contributed by atoms with van der Waals surface area (Å²) < 4.78 is 5.16. The Morgan fingerprint density at radius 3 is 1.85 bits per heavy atom. The van der Waals surface area contributed by atoms with Crippen molar-refractivity contribution in [2.45, 2.75) is 5.54 Å². The number of hydrogen-bond donors (Lipinski definition) is 2. The van der Waals surface area contributed by atoms with Gasteiger partial charge in [0.1, 0.15) is 5.75 Å². The number of aliphatic carboxylic acids is 1. The molecule has 3 aromatic rings. The van der Waals surface area contributed by atoms with E-state index >= 15 is 0 Å². The van der Waals surface area contributed by atoms with Crippen molar-refractivity contribution in [3.8, 4) is 5.75 Å². The van der Waals surface area contributed by atoms with Crippen molar-refractivity contribution in [3.05, 3.63) is 102 Å². The summed E-state index contributed by atoms with van der Waals surface area (Å²) in [4.78, 5) is 25.3. The molecule has 27 heavy (non-hydrogen) atoms. The first kappa shape index (κ1) is 18.2. The predicted molar refractivity (Wildman–Crippen MR) is 102 cm³/mol. The van der Waals surface area contributed by atoms with Crippen molar-refractivity contribution >= 4 is 11.9 Å². The zero-order valence-corrected chi connectivity index (χ0v) is 14.8. The Hall–Kier alpha value is -3.60. The van der Waals surface area contributed by atoms with Crippen molar-refractivity contribution in [1.82, 2.24) is 5.32 Å². The van der Waals surface area contributed by atoms with Crippen LogP contribution < -0.4 is 10.1 Å². The van der Waals surface area contributed by atoms with Crippen LogP contribution in [0, 0.1) is 0 Å². The Morgan fingerprint density at radius 2 is 1.33 bits per heavy atom.